The zero-order valence-electron chi connectivity index (χ0n) is 8.58. The summed E-state index contributed by atoms with van der Waals surface area (Å²) in [5, 5.41) is 0. The Labute approximate surface area is 111 Å². The number of pyridine rings is 1. The number of rotatable bonds is 2. The van der Waals surface area contributed by atoms with Crippen LogP contribution in [0.3, 0.4) is 0 Å². The van der Waals surface area contributed by atoms with Crippen molar-refractivity contribution in [2.45, 2.75) is 6.92 Å². The van der Waals surface area contributed by atoms with Gasteiger partial charge < -0.3 is 4.74 Å². The Morgan fingerprint density at radius 1 is 1.12 bits per heavy atom. The lowest BCUT2D eigenvalue weighted by atomic mass is 10.2. The Morgan fingerprint density at radius 3 is 2.62 bits per heavy atom. The van der Waals surface area contributed by atoms with Gasteiger partial charge in [-0.05, 0) is 58.7 Å². The van der Waals surface area contributed by atoms with Crippen LogP contribution in [0.5, 0.6) is 11.6 Å². The van der Waals surface area contributed by atoms with E-state index in [1.807, 2.05) is 37.3 Å². The van der Waals surface area contributed by atoms with Crippen molar-refractivity contribution in [2.75, 3.05) is 0 Å². The number of ether oxygens (including phenoxy) is 1. The monoisotopic (exact) mass is 341 g/mol. The van der Waals surface area contributed by atoms with Gasteiger partial charge in [0.2, 0.25) is 5.88 Å². The molecule has 0 aliphatic carbocycles. The second-order valence-corrected chi connectivity index (χ2v) is 5.01. The molecule has 16 heavy (non-hydrogen) atoms. The van der Waals surface area contributed by atoms with E-state index in [9.17, 15) is 0 Å². The van der Waals surface area contributed by atoms with Gasteiger partial charge in [-0.25, -0.2) is 4.98 Å². The van der Waals surface area contributed by atoms with Gasteiger partial charge in [-0.1, -0.05) is 15.9 Å². The zero-order chi connectivity index (χ0) is 11.5. The minimum absolute atomic E-state index is 0.573. The van der Waals surface area contributed by atoms with Crippen LogP contribution < -0.4 is 4.74 Å². The van der Waals surface area contributed by atoms with Crippen LogP contribution in [0.4, 0.5) is 0 Å². The fourth-order valence-electron chi connectivity index (χ4n) is 1.24. The minimum atomic E-state index is 0.573. The third-order valence-electron chi connectivity index (χ3n) is 2.07. The van der Waals surface area contributed by atoms with Gasteiger partial charge in [0, 0.05) is 10.7 Å². The van der Waals surface area contributed by atoms with Gasteiger partial charge in [-0.3, -0.25) is 0 Å². The molecule has 1 aromatic carbocycles. The van der Waals surface area contributed by atoms with Crippen molar-refractivity contribution < 1.29 is 4.74 Å². The summed E-state index contributed by atoms with van der Waals surface area (Å²) in [5.41, 5.74) is 1.13. The molecule has 0 saturated heterocycles. The normalized spacial score (nSPS) is 10.2. The molecule has 4 heteroatoms. The number of aromatic nitrogens is 1. The predicted octanol–water partition coefficient (Wildman–Crippen LogP) is 4.71. The SMILES string of the molecule is Cc1cc(Oc2ncccc2Br)ccc1Br. The topological polar surface area (TPSA) is 22.1 Å². The van der Waals surface area contributed by atoms with Crippen molar-refractivity contribution in [3.8, 4) is 11.6 Å². The third-order valence-corrected chi connectivity index (χ3v) is 3.56. The van der Waals surface area contributed by atoms with Crippen LogP contribution in [0.15, 0.2) is 45.5 Å². The van der Waals surface area contributed by atoms with Gasteiger partial charge in [0.25, 0.3) is 0 Å². The van der Waals surface area contributed by atoms with Crippen LogP contribution in [-0.4, -0.2) is 4.98 Å². The molecule has 1 aromatic heterocycles. The lowest BCUT2D eigenvalue weighted by Gasteiger charge is -2.07. The average Bonchev–Trinajstić information content (AvgIpc) is 2.27. The molecule has 0 amide bonds. The Hall–Kier alpha value is -0.870. The number of hydrogen-bond acceptors (Lipinski definition) is 2. The summed E-state index contributed by atoms with van der Waals surface area (Å²) in [5.74, 6) is 1.35. The molecule has 0 saturated carbocycles. The largest absolute Gasteiger partial charge is 0.438 e. The highest BCUT2D eigenvalue weighted by atomic mass is 79.9. The lowest BCUT2D eigenvalue weighted by molar-refractivity contribution is 0.459. The fraction of sp³-hybridized carbons (Fsp3) is 0.0833. The highest BCUT2D eigenvalue weighted by Crippen LogP contribution is 2.29. The van der Waals surface area contributed by atoms with E-state index in [0.717, 1.165) is 20.3 Å². The highest BCUT2D eigenvalue weighted by molar-refractivity contribution is 9.10. The van der Waals surface area contributed by atoms with Crippen LogP contribution in [0.25, 0.3) is 0 Å². The van der Waals surface area contributed by atoms with Gasteiger partial charge in [0.1, 0.15) is 5.75 Å². The Balaban J connectivity index is 2.28. The van der Waals surface area contributed by atoms with Crippen LogP contribution in [-0.2, 0) is 0 Å². The highest BCUT2D eigenvalue weighted by Gasteiger charge is 2.04. The molecule has 2 nitrogen and oxygen atoms in total. The molecule has 0 radical (unpaired) electrons. The van der Waals surface area contributed by atoms with Gasteiger partial charge in [-0.15, -0.1) is 0 Å². The zero-order valence-corrected chi connectivity index (χ0v) is 11.7. The summed E-state index contributed by atoms with van der Waals surface area (Å²) < 4.78 is 7.58. The minimum Gasteiger partial charge on any atom is -0.438 e. The molecule has 0 spiro atoms. The van der Waals surface area contributed by atoms with Crippen molar-refractivity contribution >= 4 is 31.9 Å². The molecule has 0 unspecified atom stereocenters. The molecule has 2 aromatic rings. The lowest BCUT2D eigenvalue weighted by Crippen LogP contribution is -1.89. The molecule has 0 bridgehead atoms. The maximum absolute atomic E-state index is 5.67. The van der Waals surface area contributed by atoms with Gasteiger partial charge in [0.15, 0.2) is 0 Å². The molecule has 2 rings (SSSR count). The summed E-state index contributed by atoms with van der Waals surface area (Å²) in [6, 6.07) is 9.57. The Kier molecular flexibility index (Phi) is 3.61. The van der Waals surface area contributed by atoms with Crippen molar-refractivity contribution in [1.82, 2.24) is 4.98 Å². The van der Waals surface area contributed by atoms with Crippen LogP contribution in [0, 0.1) is 6.92 Å². The molecule has 0 aliphatic rings. The van der Waals surface area contributed by atoms with Gasteiger partial charge in [-0.2, -0.15) is 0 Å². The summed E-state index contributed by atoms with van der Waals surface area (Å²) in [7, 11) is 0. The summed E-state index contributed by atoms with van der Waals surface area (Å²) >= 11 is 6.84. The maximum Gasteiger partial charge on any atom is 0.233 e. The number of hydrogen-bond donors (Lipinski definition) is 0. The molecule has 0 aliphatic heterocycles. The van der Waals surface area contributed by atoms with E-state index in [2.05, 4.69) is 36.8 Å². The third kappa shape index (κ3) is 2.62. The van der Waals surface area contributed by atoms with E-state index in [1.54, 1.807) is 6.20 Å². The number of aryl methyl sites for hydroxylation is 1. The molecule has 0 atom stereocenters. The second kappa shape index (κ2) is 4.97. The second-order valence-electron chi connectivity index (χ2n) is 3.30. The van der Waals surface area contributed by atoms with E-state index in [0.29, 0.717) is 5.88 Å². The standard InChI is InChI=1S/C12H9Br2NO/c1-8-7-9(4-5-10(8)13)16-12-11(14)3-2-6-15-12/h2-7H,1H3. The van der Waals surface area contributed by atoms with Crippen molar-refractivity contribution in [2.24, 2.45) is 0 Å². The molecular weight excluding hydrogens is 334 g/mol. The van der Waals surface area contributed by atoms with E-state index < -0.39 is 0 Å². The van der Waals surface area contributed by atoms with Crippen molar-refractivity contribution in [3.05, 3.63) is 51.0 Å². The maximum atomic E-state index is 5.67. The van der Waals surface area contributed by atoms with E-state index >= 15 is 0 Å². The first-order valence-corrected chi connectivity index (χ1v) is 6.30. The van der Waals surface area contributed by atoms with E-state index in [1.165, 1.54) is 0 Å². The smallest absolute Gasteiger partial charge is 0.233 e. The summed E-state index contributed by atoms with van der Waals surface area (Å²) in [6.07, 6.45) is 1.70. The van der Waals surface area contributed by atoms with Crippen molar-refractivity contribution in [3.63, 3.8) is 0 Å². The van der Waals surface area contributed by atoms with Crippen molar-refractivity contribution in [1.29, 1.82) is 0 Å². The molecule has 1 heterocycles. The molecule has 0 N–H and O–H groups in total. The van der Waals surface area contributed by atoms with Gasteiger partial charge in [0.05, 0.1) is 4.47 Å². The average molecular weight is 343 g/mol. The first kappa shape index (κ1) is 11.6. The summed E-state index contributed by atoms with van der Waals surface area (Å²) in [6.45, 7) is 2.02. The van der Waals surface area contributed by atoms with E-state index in [4.69, 9.17) is 4.74 Å². The first-order valence-electron chi connectivity index (χ1n) is 4.71. The molecule has 0 fully saturated rings. The van der Waals surface area contributed by atoms with Crippen LogP contribution in [0.2, 0.25) is 0 Å². The van der Waals surface area contributed by atoms with Crippen LogP contribution >= 0.6 is 31.9 Å². The van der Waals surface area contributed by atoms with Crippen LogP contribution in [0.1, 0.15) is 5.56 Å². The summed E-state index contributed by atoms with van der Waals surface area (Å²) in [4.78, 5) is 4.14. The number of nitrogens with zero attached hydrogens (tertiary/aromatic N) is 1. The number of benzene rings is 1. The van der Waals surface area contributed by atoms with E-state index in [-0.39, 0.29) is 0 Å². The predicted molar refractivity (Wildman–Crippen MR) is 70.9 cm³/mol. The Bertz CT molecular complexity index is 514. The Morgan fingerprint density at radius 2 is 1.94 bits per heavy atom. The molecular formula is C12H9Br2NO. The molecule has 82 valence electrons. The number of halogens is 2. The first-order chi connectivity index (χ1) is 7.66. The van der Waals surface area contributed by atoms with Gasteiger partial charge >= 0.3 is 0 Å². The quantitative estimate of drug-likeness (QED) is 0.788. The fourth-order valence-corrected chi connectivity index (χ4v) is 1.82.